The van der Waals surface area contributed by atoms with Gasteiger partial charge in [0.2, 0.25) is 16.0 Å². The van der Waals surface area contributed by atoms with Gasteiger partial charge in [-0.3, -0.25) is 10.1 Å². The van der Waals surface area contributed by atoms with Gasteiger partial charge in [-0.05, 0) is 36.8 Å². The number of aryl methyl sites for hydroxylation is 1. The molecule has 0 atom stereocenters. The smallest absolute Gasteiger partial charge is 0.310 e. The van der Waals surface area contributed by atoms with E-state index in [9.17, 15) is 26.4 Å². The maximum Gasteiger partial charge on any atom is 0.402 e. The Balaban J connectivity index is 1.86. The van der Waals surface area contributed by atoms with Gasteiger partial charge in [0.25, 0.3) is 5.91 Å². The molecule has 0 bridgehead atoms. The second-order valence-corrected chi connectivity index (χ2v) is 8.26. The SMILES string of the molecule is CCCn1c(NC(=O)c2cccc(S(=O)(=O)NCC(F)(F)F)c2)nc2ccccc21. The van der Waals surface area contributed by atoms with Gasteiger partial charge in [-0.1, -0.05) is 25.1 Å². The van der Waals surface area contributed by atoms with Gasteiger partial charge in [0.1, 0.15) is 6.54 Å². The summed E-state index contributed by atoms with van der Waals surface area (Å²) in [6, 6.07) is 12.1. The number of benzene rings is 2. The maximum atomic E-state index is 12.7. The molecule has 0 radical (unpaired) electrons. The molecule has 0 spiro atoms. The molecule has 0 aliphatic rings. The second-order valence-electron chi connectivity index (χ2n) is 6.50. The third-order valence-corrected chi connectivity index (χ3v) is 5.60. The summed E-state index contributed by atoms with van der Waals surface area (Å²) in [7, 11) is -4.43. The Morgan fingerprint density at radius 3 is 2.57 bits per heavy atom. The van der Waals surface area contributed by atoms with Crippen molar-refractivity contribution in [2.24, 2.45) is 0 Å². The van der Waals surface area contributed by atoms with Crippen LogP contribution in [0.3, 0.4) is 0 Å². The molecule has 0 aliphatic carbocycles. The number of para-hydroxylation sites is 2. The number of anilines is 1. The first-order chi connectivity index (χ1) is 14.1. The number of carbonyl (C=O) groups excluding carboxylic acids is 1. The Morgan fingerprint density at radius 1 is 1.13 bits per heavy atom. The first-order valence-electron chi connectivity index (χ1n) is 9.04. The van der Waals surface area contributed by atoms with E-state index >= 15 is 0 Å². The lowest BCUT2D eigenvalue weighted by Crippen LogP contribution is -2.33. The molecule has 30 heavy (non-hydrogen) atoms. The lowest BCUT2D eigenvalue weighted by molar-refractivity contribution is -0.121. The maximum absolute atomic E-state index is 12.7. The third kappa shape index (κ3) is 4.97. The molecule has 0 aliphatic heterocycles. The van der Waals surface area contributed by atoms with Crippen molar-refractivity contribution in [2.45, 2.75) is 31.0 Å². The van der Waals surface area contributed by atoms with E-state index in [1.165, 1.54) is 16.9 Å². The fourth-order valence-electron chi connectivity index (χ4n) is 2.86. The lowest BCUT2D eigenvalue weighted by atomic mass is 10.2. The van der Waals surface area contributed by atoms with E-state index in [-0.39, 0.29) is 5.56 Å². The molecule has 1 amide bonds. The Morgan fingerprint density at radius 2 is 1.87 bits per heavy atom. The van der Waals surface area contributed by atoms with Crippen molar-refractivity contribution in [3.8, 4) is 0 Å². The molecular weight excluding hydrogens is 421 g/mol. The van der Waals surface area contributed by atoms with Crippen molar-refractivity contribution < 1.29 is 26.4 Å². The van der Waals surface area contributed by atoms with Crippen LogP contribution in [0.25, 0.3) is 11.0 Å². The predicted molar refractivity (Wildman–Crippen MR) is 106 cm³/mol. The number of hydrogen-bond acceptors (Lipinski definition) is 4. The molecule has 160 valence electrons. The number of rotatable bonds is 7. The van der Waals surface area contributed by atoms with Crippen molar-refractivity contribution in [1.82, 2.24) is 14.3 Å². The van der Waals surface area contributed by atoms with Gasteiger partial charge in [-0.25, -0.2) is 18.1 Å². The average molecular weight is 440 g/mol. The minimum atomic E-state index is -4.69. The van der Waals surface area contributed by atoms with Crippen LogP contribution in [0.4, 0.5) is 19.1 Å². The highest BCUT2D eigenvalue weighted by Gasteiger charge is 2.30. The van der Waals surface area contributed by atoms with Crippen LogP contribution in [0.15, 0.2) is 53.4 Å². The summed E-state index contributed by atoms with van der Waals surface area (Å²) in [4.78, 5) is 16.6. The number of halogens is 3. The monoisotopic (exact) mass is 440 g/mol. The van der Waals surface area contributed by atoms with E-state index in [4.69, 9.17) is 0 Å². The number of sulfonamides is 1. The molecule has 3 rings (SSSR count). The van der Waals surface area contributed by atoms with Gasteiger partial charge in [-0.2, -0.15) is 13.2 Å². The lowest BCUT2D eigenvalue weighted by Gasteiger charge is -2.11. The normalized spacial score (nSPS) is 12.3. The summed E-state index contributed by atoms with van der Waals surface area (Å²) in [6.45, 7) is 0.876. The van der Waals surface area contributed by atoms with Crippen LogP contribution in [0.1, 0.15) is 23.7 Å². The van der Waals surface area contributed by atoms with Crippen LogP contribution in [0.5, 0.6) is 0 Å². The number of alkyl halides is 3. The molecule has 2 N–H and O–H groups in total. The molecule has 1 aromatic heterocycles. The predicted octanol–water partition coefficient (Wildman–Crippen LogP) is 3.54. The molecule has 7 nitrogen and oxygen atoms in total. The Bertz CT molecular complexity index is 1170. The van der Waals surface area contributed by atoms with Crippen molar-refractivity contribution >= 4 is 32.9 Å². The van der Waals surface area contributed by atoms with Crippen LogP contribution in [-0.4, -0.2) is 36.6 Å². The van der Waals surface area contributed by atoms with Crippen molar-refractivity contribution in [3.05, 3.63) is 54.1 Å². The zero-order valence-electron chi connectivity index (χ0n) is 15.9. The summed E-state index contributed by atoms with van der Waals surface area (Å²) in [5.74, 6) is -0.331. The Kier molecular flexibility index (Phi) is 6.13. The number of nitrogens with one attached hydrogen (secondary N) is 2. The number of carbonyl (C=O) groups is 1. The van der Waals surface area contributed by atoms with Gasteiger partial charge < -0.3 is 4.57 Å². The van der Waals surface area contributed by atoms with Gasteiger partial charge in [0, 0.05) is 12.1 Å². The van der Waals surface area contributed by atoms with E-state index in [2.05, 4.69) is 10.3 Å². The molecular formula is C19H19F3N4O3S. The van der Waals surface area contributed by atoms with Crippen LogP contribution in [-0.2, 0) is 16.6 Å². The van der Waals surface area contributed by atoms with Gasteiger partial charge >= 0.3 is 6.18 Å². The number of aromatic nitrogens is 2. The summed E-state index contributed by atoms with van der Waals surface area (Å²) >= 11 is 0. The van der Waals surface area contributed by atoms with Crippen LogP contribution < -0.4 is 10.0 Å². The molecule has 0 saturated carbocycles. The molecule has 0 saturated heterocycles. The van der Waals surface area contributed by atoms with Gasteiger partial charge in [-0.15, -0.1) is 0 Å². The standard InChI is InChI=1S/C19H19F3N4O3S/c1-2-10-26-16-9-4-3-8-15(16)24-18(26)25-17(27)13-6-5-7-14(11-13)30(28,29)23-12-19(20,21)22/h3-9,11,23H,2,10,12H2,1H3,(H,24,25,27). The summed E-state index contributed by atoms with van der Waals surface area (Å²) in [5, 5.41) is 2.65. The first kappa shape index (κ1) is 21.8. The second kappa shape index (κ2) is 8.44. The largest absolute Gasteiger partial charge is 0.402 e. The fraction of sp³-hybridized carbons (Fsp3) is 0.263. The topological polar surface area (TPSA) is 93.1 Å². The Hall–Kier alpha value is -2.92. The van der Waals surface area contributed by atoms with Crippen molar-refractivity contribution in [3.63, 3.8) is 0 Å². The van der Waals surface area contributed by atoms with Crippen LogP contribution in [0.2, 0.25) is 0 Å². The van der Waals surface area contributed by atoms with E-state index in [0.717, 1.165) is 24.1 Å². The highest BCUT2D eigenvalue weighted by molar-refractivity contribution is 7.89. The van der Waals surface area contributed by atoms with E-state index in [1.54, 1.807) is 6.07 Å². The van der Waals surface area contributed by atoms with Gasteiger partial charge in [0.15, 0.2) is 0 Å². The molecule has 0 unspecified atom stereocenters. The number of fused-ring (bicyclic) bond motifs is 1. The van der Waals surface area contributed by atoms with Crippen LogP contribution >= 0.6 is 0 Å². The zero-order valence-corrected chi connectivity index (χ0v) is 16.7. The van der Waals surface area contributed by atoms with Crippen molar-refractivity contribution in [2.75, 3.05) is 11.9 Å². The third-order valence-electron chi connectivity index (χ3n) is 4.20. The molecule has 1 heterocycles. The minimum Gasteiger partial charge on any atom is -0.310 e. The molecule has 2 aromatic carbocycles. The zero-order chi connectivity index (χ0) is 21.9. The highest BCUT2D eigenvalue weighted by atomic mass is 32.2. The number of nitrogens with zero attached hydrogens (tertiary/aromatic N) is 2. The average Bonchev–Trinajstić information content (AvgIpc) is 3.04. The van der Waals surface area contributed by atoms with E-state index < -0.39 is 33.5 Å². The van der Waals surface area contributed by atoms with Gasteiger partial charge in [0.05, 0.1) is 15.9 Å². The summed E-state index contributed by atoms with van der Waals surface area (Å²) in [5.41, 5.74) is 1.50. The Labute approximate surface area is 171 Å². The van der Waals surface area contributed by atoms with E-state index in [0.29, 0.717) is 18.0 Å². The number of hydrogen-bond donors (Lipinski definition) is 2. The quantitative estimate of drug-likeness (QED) is 0.588. The minimum absolute atomic E-state index is 0.0278. The molecule has 3 aromatic rings. The first-order valence-corrected chi connectivity index (χ1v) is 10.5. The summed E-state index contributed by atoms with van der Waals surface area (Å²) in [6.07, 6.45) is -3.90. The number of imidazole rings is 1. The number of amides is 1. The van der Waals surface area contributed by atoms with Crippen molar-refractivity contribution in [1.29, 1.82) is 0 Å². The fourth-order valence-corrected chi connectivity index (χ4v) is 3.92. The summed E-state index contributed by atoms with van der Waals surface area (Å²) < 4.78 is 64.5. The molecule has 0 fully saturated rings. The highest BCUT2D eigenvalue weighted by Crippen LogP contribution is 2.21. The van der Waals surface area contributed by atoms with E-state index in [1.807, 2.05) is 29.7 Å². The van der Waals surface area contributed by atoms with Crippen LogP contribution in [0, 0.1) is 0 Å². The molecule has 11 heteroatoms.